The Hall–Kier alpha value is -3.71. The first-order valence-corrected chi connectivity index (χ1v) is 20.3. The number of aliphatic hydroxyl groups excluding tert-OH is 1. The maximum absolute atomic E-state index is 14.4. The molecule has 3 aliphatic rings. The first-order chi connectivity index (χ1) is 26.4. The number of nitrogens with one attached hydrogen (secondary N) is 1. The van der Waals surface area contributed by atoms with E-state index in [0.29, 0.717) is 6.42 Å². The van der Waals surface area contributed by atoms with E-state index in [2.05, 4.69) is 22.1 Å². The molecule has 1 unspecified atom stereocenters. The molecule has 3 saturated heterocycles. The van der Waals surface area contributed by atoms with Crippen molar-refractivity contribution in [3.63, 3.8) is 0 Å². The van der Waals surface area contributed by atoms with E-state index in [1.807, 2.05) is 50.2 Å². The lowest BCUT2D eigenvalue weighted by molar-refractivity contribution is -0.296. The minimum Gasteiger partial charge on any atom is -0.458 e. The largest absolute Gasteiger partial charge is 0.458 e. The standard InChI is InChI=1S/C42H57N3O10S/c1-11-32-42(8)36(44-40(50)55-42)25(4)33(46)23(2)22-41(7,51-20-12-13-29-14-15-31(56-29)28-16-18-43-19-17-28)37(26(5)34(47)27(6)38(49)53-32)54-39-35(48)30(45(9)10)21-24(3)52-39/h14-19,23-27,30,32,35-37,39,48H,11,20-22H2,1-10H3,(H,44,50)/t23-,24-,25+,26+,27-,30+,32-,35-,36-,37-,39+,41?,42-/m1/s1. The van der Waals surface area contributed by atoms with Gasteiger partial charge in [0, 0.05) is 41.1 Å². The highest BCUT2D eigenvalue weighted by Crippen LogP contribution is 2.40. The van der Waals surface area contributed by atoms with Crippen LogP contribution in [0.25, 0.3) is 10.4 Å². The number of alkyl carbamates (subject to hydrolysis) is 1. The molecule has 3 fully saturated rings. The van der Waals surface area contributed by atoms with Crippen molar-refractivity contribution in [2.24, 2.45) is 23.7 Å². The number of ketones is 2. The molecule has 5 rings (SSSR count). The maximum Gasteiger partial charge on any atom is 0.408 e. The Kier molecular flexibility index (Phi) is 13.8. The van der Waals surface area contributed by atoms with Gasteiger partial charge in [0.15, 0.2) is 17.7 Å². The maximum atomic E-state index is 14.4. The Bertz CT molecular complexity index is 1790. The molecule has 56 heavy (non-hydrogen) atoms. The third-order valence-corrected chi connectivity index (χ3v) is 12.8. The minimum atomic E-state index is -1.40. The van der Waals surface area contributed by atoms with Gasteiger partial charge < -0.3 is 39.0 Å². The fourth-order valence-electron chi connectivity index (χ4n) is 8.53. The number of aliphatic hydroxyl groups is 1. The van der Waals surface area contributed by atoms with Crippen molar-refractivity contribution in [2.45, 2.75) is 129 Å². The van der Waals surface area contributed by atoms with E-state index in [0.717, 1.165) is 15.3 Å². The zero-order valence-corrected chi connectivity index (χ0v) is 34.9. The number of hydrogen-bond acceptors (Lipinski definition) is 13. The van der Waals surface area contributed by atoms with Gasteiger partial charge in [-0.1, -0.05) is 39.5 Å². The summed E-state index contributed by atoms with van der Waals surface area (Å²) in [5.41, 5.74) is -1.76. The zero-order chi connectivity index (χ0) is 41.1. The summed E-state index contributed by atoms with van der Waals surface area (Å²) < 4.78 is 31.3. The summed E-state index contributed by atoms with van der Waals surface area (Å²) >= 11 is 1.52. The Morgan fingerprint density at radius 3 is 2.38 bits per heavy atom. The zero-order valence-electron chi connectivity index (χ0n) is 34.1. The van der Waals surface area contributed by atoms with E-state index in [9.17, 15) is 24.3 Å². The first kappa shape index (κ1) is 43.4. The van der Waals surface area contributed by atoms with Crippen molar-refractivity contribution in [3.05, 3.63) is 41.5 Å². The number of Topliss-reactive ketones (excluding diaryl/α,β-unsaturated/α-hetero) is 2. The van der Waals surface area contributed by atoms with Gasteiger partial charge in [-0.15, -0.1) is 11.3 Å². The predicted octanol–water partition coefficient (Wildman–Crippen LogP) is 5.02. The van der Waals surface area contributed by atoms with Crippen LogP contribution in [0.3, 0.4) is 0 Å². The highest BCUT2D eigenvalue weighted by molar-refractivity contribution is 7.16. The SMILES string of the molecule is CC[C@H]1OC(=O)[C@H](C)C(=O)[C@H](C)[C@@H](O[C@@H]2O[C@H](C)C[C@H](N(C)C)[C@H]2O)C(C)(OCC#Cc2ccc(-c3ccncc3)s2)C[C@@H](C)C(=O)[C@H](C)[C@H]2NC(=O)O[C@@]21C. The van der Waals surface area contributed by atoms with Crippen LogP contribution in [0, 0.1) is 35.5 Å². The van der Waals surface area contributed by atoms with E-state index in [-0.39, 0.29) is 37.4 Å². The summed E-state index contributed by atoms with van der Waals surface area (Å²) in [6.45, 7) is 13.6. The van der Waals surface area contributed by atoms with Crippen molar-refractivity contribution < 1.29 is 48.0 Å². The minimum absolute atomic E-state index is 0.0646. The number of pyridine rings is 1. The molecule has 14 heteroatoms. The molecule has 2 N–H and O–H groups in total. The number of likely N-dealkylation sites (N-methyl/N-ethyl adjacent to an activating group) is 1. The lowest BCUT2D eigenvalue weighted by atomic mass is 9.73. The summed E-state index contributed by atoms with van der Waals surface area (Å²) in [4.78, 5) is 63.2. The summed E-state index contributed by atoms with van der Waals surface area (Å²) in [6, 6.07) is 6.63. The number of cyclic esters (lactones) is 1. The van der Waals surface area contributed by atoms with Gasteiger partial charge in [0.2, 0.25) is 0 Å². The normalized spacial score (nSPS) is 37.1. The summed E-state index contributed by atoms with van der Waals surface area (Å²) in [5, 5.41) is 14.4. The molecule has 13 nitrogen and oxygen atoms in total. The Balaban J connectivity index is 1.55. The number of amides is 1. The van der Waals surface area contributed by atoms with Gasteiger partial charge in [-0.05, 0) is 90.9 Å². The molecular weight excluding hydrogens is 739 g/mol. The topological polar surface area (TPSA) is 163 Å². The van der Waals surface area contributed by atoms with Crippen LogP contribution in [-0.4, -0.2) is 113 Å². The second-order valence-corrected chi connectivity index (χ2v) is 17.3. The molecule has 5 heterocycles. The number of carbonyl (C=O) groups is 4. The quantitative estimate of drug-likeness (QED) is 0.219. The fourth-order valence-corrected chi connectivity index (χ4v) is 9.41. The third kappa shape index (κ3) is 9.19. The van der Waals surface area contributed by atoms with E-state index in [1.54, 1.807) is 53.9 Å². The van der Waals surface area contributed by atoms with E-state index in [4.69, 9.17) is 23.7 Å². The Labute approximate surface area is 334 Å². The molecule has 0 aliphatic carbocycles. The molecule has 306 valence electrons. The van der Waals surface area contributed by atoms with Gasteiger partial charge in [0.25, 0.3) is 0 Å². The number of rotatable bonds is 7. The summed E-state index contributed by atoms with van der Waals surface area (Å²) in [6.07, 6.45) is -1.01. The van der Waals surface area contributed by atoms with Gasteiger partial charge in [0.05, 0.1) is 28.7 Å². The van der Waals surface area contributed by atoms with Crippen LogP contribution >= 0.6 is 11.3 Å². The van der Waals surface area contributed by atoms with Crippen molar-refractivity contribution in [3.8, 4) is 22.3 Å². The highest BCUT2D eigenvalue weighted by Gasteiger charge is 2.57. The number of fused-ring (bicyclic) bond motifs is 1. The second-order valence-electron chi connectivity index (χ2n) is 16.2. The van der Waals surface area contributed by atoms with Crippen molar-refractivity contribution in [1.82, 2.24) is 15.2 Å². The average molecular weight is 796 g/mol. The van der Waals surface area contributed by atoms with Crippen LogP contribution in [-0.2, 0) is 38.1 Å². The predicted molar refractivity (Wildman–Crippen MR) is 209 cm³/mol. The van der Waals surface area contributed by atoms with E-state index >= 15 is 0 Å². The molecule has 1 amide bonds. The number of aromatic nitrogens is 1. The van der Waals surface area contributed by atoms with Gasteiger partial charge in [0.1, 0.15) is 30.5 Å². The van der Waals surface area contributed by atoms with E-state index in [1.165, 1.54) is 18.3 Å². The molecule has 2 aromatic heterocycles. The van der Waals surface area contributed by atoms with Crippen LogP contribution in [0.15, 0.2) is 36.7 Å². The number of esters is 1. The summed E-state index contributed by atoms with van der Waals surface area (Å²) in [7, 11) is 3.73. The number of hydrogen-bond donors (Lipinski definition) is 2. The van der Waals surface area contributed by atoms with Gasteiger partial charge in [-0.3, -0.25) is 19.4 Å². The van der Waals surface area contributed by atoms with Crippen LogP contribution in [0.5, 0.6) is 0 Å². The van der Waals surface area contributed by atoms with Crippen molar-refractivity contribution >= 4 is 35.0 Å². The molecule has 0 aromatic carbocycles. The number of carbonyl (C=O) groups excluding carboxylic acids is 4. The first-order valence-electron chi connectivity index (χ1n) is 19.5. The Morgan fingerprint density at radius 1 is 1.02 bits per heavy atom. The lowest BCUT2D eigenvalue weighted by Crippen LogP contribution is -2.60. The van der Waals surface area contributed by atoms with E-state index < -0.39 is 83.4 Å². The number of nitrogens with zero attached hydrogens (tertiary/aromatic N) is 2. The van der Waals surface area contributed by atoms with Crippen molar-refractivity contribution in [1.29, 1.82) is 0 Å². The second kappa shape index (κ2) is 17.8. The van der Waals surface area contributed by atoms with Crippen LogP contribution in [0.4, 0.5) is 4.79 Å². The molecule has 0 spiro atoms. The molecular formula is C42H57N3O10S. The Morgan fingerprint density at radius 2 is 1.71 bits per heavy atom. The lowest BCUT2D eigenvalue weighted by Gasteiger charge is -2.47. The summed E-state index contributed by atoms with van der Waals surface area (Å²) in [5.74, 6) is 1.07. The molecule has 2 aromatic rings. The third-order valence-electron chi connectivity index (χ3n) is 11.7. The molecule has 0 radical (unpaired) electrons. The van der Waals surface area contributed by atoms with Crippen LogP contribution in [0.2, 0.25) is 0 Å². The average Bonchev–Trinajstić information content (AvgIpc) is 3.77. The smallest absolute Gasteiger partial charge is 0.408 e. The van der Waals surface area contributed by atoms with Crippen LogP contribution in [0.1, 0.15) is 79.5 Å². The molecule has 0 saturated carbocycles. The monoisotopic (exact) mass is 795 g/mol. The number of thiophene rings is 1. The van der Waals surface area contributed by atoms with Gasteiger partial charge >= 0.3 is 12.1 Å². The van der Waals surface area contributed by atoms with Crippen molar-refractivity contribution in [2.75, 3.05) is 20.7 Å². The molecule has 3 aliphatic heterocycles. The van der Waals surface area contributed by atoms with Gasteiger partial charge in [-0.2, -0.15) is 0 Å². The van der Waals surface area contributed by atoms with Gasteiger partial charge in [-0.25, -0.2) is 4.79 Å². The fraction of sp³-hybridized carbons (Fsp3) is 0.643. The number of ether oxygens (including phenoxy) is 5. The van der Waals surface area contributed by atoms with Crippen LogP contribution < -0.4 is 5.32 Å². The molecule has 13 atom stereocenters. The molecule has 0 bridgehead atoms. The highest BCUT2D eigenvalue weighted by atomic mass is 32.1.